The number of rotatable bonds is 6. The minimum Gasteiger partial charge on any atom is -0.260 e. The maximum atomic E-state index is 12.8. The maximum absolute atomic E-state index is 12.8. The standard InChI is InChI=1S/C21H22O6S2/c1-15-3-7-18(8-4-15)28(22,23)26-20-13-17-11-12-21(20,14-17)27-29(24,25)19-9-5-16(2)6-10-19/h3-12,17,20H,13-14H2,1-2H3. The summed E-state index contributed by atoms with van der Waals surface area (Å²) < 4.78 is 62.3. The van der Waals surface area contributed by atoms with Crippen molar-refractivity contribution in [2.45, 2.75) is 48.2 Å². The first-order chi connectivity index (χ1) is 13.6. The summed E-state index contributed by atoms with van der Waals surface area (Å²) in [5.41, 5.74) is 0.525. The Balaban J connectivity index is 1.61. The molecule has 1 fully saturated rings. The van der Waals surface area contributed by atoms with Crippen LogP contribution in [0.4, 0.5) is 0 Å². The third-order valence-electron chi connectivity index (χ3n) is 5.42. The quantitative estimate of drug-likeness (QED) is 0.511. The van der Waals surface area contributed by atoms with Crippen LogP contribution in [0.3, 0.4) is 0 Å². The monoisotopic (exact) mass is 434 g/mol. The summed E-state index contributed by atoms with van der Waals surface area (Å²) in [7, 11) is -8.14. The number of aryl methyl sites for hydroxylation is 2. The van der Waals surface area contributed by atoms with Crippen molar-refractivity contribution in [1.82, 2.24) is 0 Å². The third kappa shape index (κ3) is 3.90. The lowest BCUT2D eigenvalue weighted by Crippen LogP contribution is -2.42. The van der Waals surface area contributed by atoms with Gasteiger partial charge in [0.15, 0.2) is 0 Å². The van der Waals surface area contributed by atoms with Crippen LogP contribution in [0.25, 0.3) is 0 Å². The summed E-state index contributed by atoms with van der Waals surface area (Å²) in [4.78, 5) is 0.0627. The molecule has 3 atom stereocenters. The Hall–Kier alpha value is -2.00. The van der Waals surface area contributed by atoms with Gasteiger partial charge in [0, 0.05) is 0 Å². The average Bonchev–Trinajstić information content (AvgIpc) is 3.18. The molecule has 0 aliphatic heterocycles. The lowest BCUT2D eigenvalue weighted by Gasteiger charge is -2.30. The van der Waals surface area contributed by atoms with E-state index >= 15 is 0 Å². The van der Waals surface area contributed by atoms with E-state index in [0.717, 1.165) is 11.1 Å². The van der Waals surface area contributed by atoms with Crippen molar-refractivity contribution >= 4 is 20.2 Å². The summed E-state index contributed by atoms with van der Waals surface area (Å²) in [5, 5.41) is 0. The van der Waals surface area contributed by atoms with Crippen LogP contribution in [0.15, 0.2) is 70.5 Å². The summed E-state index contributed by atoms with van der Waals surface area (Å²) in [6, 6.07) is 12.7. The van der Waals surface area contributed by atoms with Crippen LogP contribution in [0.5, 0.6) is 0 Å². The summed E-state index contributed by atoms with van der Waals surface area (Å²) in [6.45, 7) is 3.72. The number of benzene rings is 2. The van der Waals surface area contributed by atoms with Crippen LogP contribution in [-0.2, 0) is 28.6 Å². The van der Waals surface area contributed by atoms with Crippen molar-refractivity contribution in [3.8, 4) is 0 Å². The molecule has 0 spiro atoms. The van der Waals surface area contributed by atoms with Gasteiger partial charge >= 0.3 is 0 Å². The molecule has 0 radical (unpaired) electrons. The largest absolute Gasteiger partial charge is 0.297 e. The van der Waals surface area contributed by atoms with Gasteiger partial charge in [-0.05, 0) is 56.9 Å². The topological polar surface area (TPSA) is 86.7 Å². The lowest BCUT2D eigenvalue weighted by atomic mass is 10.0. The van der Waals surface area contributed by atoms with Crippen LogP contribution in [0, 0.1) is 19.8 Å². The molecule has 2 aromatic carbocycles. The van der Waals surface area contributed by atoms with Crippen LogP contribution < -0.4 is 0 Å². The van der Waals surface area contributed by atoms with Crippen molar-refractivity contribution in [3.05, 3.63) is 71.8 Å². The normalized spacial score (nSPS) is 26.1. The fraction of sp³-hybridized carbons (Fsp3) is 0.333. The van der Waals surface area contributed by atoms with Crippen molar-refractivity contribution in [3.63, 3.8) is 0 Å². The first-order valence-corrected chi connectivity index (χ1v) is 12.1. The minimum atomic E-state index is -4.09. The molecule has 0 saturated heterocycles. The predicted molar refractivity (Wildman–Crippen MR) is 107 cm³/mol. The highest BCUT2D eigenvalue weighted by Gasteiger charge is 2.55. The van der Waals surface area contributed by atoms with Crippen molar-refractivity contribution in [2.24, 2.45) is 5.92 Å². The van der Waals surface area contributed by atoms with Crippen molar-refractivity contribution in [2.75, 3.05) is 0 Å². The highest BCUT2D eigenvalue weighted by molar-refractivity contribution is 7.87. The number of hydrogen-bond acceptors (Lipinski definition) is 6. The fourth-order valence-electron chi connectivity index (χ4n) is 3.83. The summed E-state index contributed by atoms with van der Waals surface area (Å²) in [6.07, 6.45) is 3.33. The van der Waals surface area contributed by atoms with Crippen LogP contribution in [-0.4, -0.2) is 28.5 Å². The molecule has 4 rings (SSSR count). The van der Waals surface area contributed by atoms with E-state index in [9.17, 15) is 16.8 Å². The maximum Gasteiger partial charge on any atom is 0.297 e. The fourth-order valence-corrected chi connectivity index (χ4v) is 6.16. The minimum absolute atomic E-state index is 0.0152. The molecule has 2 aromatic rings. The van der Waals surface area contributed by atoms with Gasteiger partial charge in [-0.1, -0.05) is 47.5 Å². The molecular weight excluding hydrogens is 412 g/mol. The van der Waals surface area contributed by atoms with Crippen molar-refractivity contribution in [1.29, 1.82) is 0 Å². The number of fused-ring (bicyclic) bond motifs is 2. The van der Waals surface area contributed by atoms with Crippen LogP contribution in [0.1, 0.15) is 24.0 Å². The molecule has 154 valence electrons. The summed E-state index contributed by atoms with van der Waals surface area (Å²) in [5.74, 6) is 0.0152. The van der Waals surface area contributed by atoms with Gasteiger partial charge in [-0.15, -0.1) is 0 Å². The van der Waals surface area contributed by atoms with Gasteiger partial charge < -0.3 is 0 Å². The Morgan fingerprint density at radius 3 is 1.86 bits per heavy atom. The Kier molecular flexibility index (Phi) is 4.93. The zero-order valence-corrected chi connectivity index (χ0v) is 17.7. The van der Waals surface area contributed by atoms with E-state index in [0.29, 0.717) is 12.8 Å². The van der Waals surface area contributed by atoms with Crippen LogP contribution in [0.2, 0.25) is 0 Å². The van der Waals surface area contributed by atoms with Gasteiger partial charge in [-0.2, -0.15) is 16.8 Å². The molecule has 2 aliphatic carbocycles. The van der Waals surface area contributed by atoms with E-state index in [1.165, 1.54) is 24.3 Å². The third-order valence-corrected chi connectivity index (χ3v) is 8.13. The van der Waals surface area contributed by atoms with E-state index in [-0.39, 0.29) is 15.7 Å². The Labute approximate surface area is 171 Å². The van der Waals surface area contributed by atoms with Gasteiger partial charge in [0.2, 0.25) is 0 Å². The molecule has 1 saturated carbocycles. The molecule has 0 aromatic heterocycles. The molecule has 0 heterocycles. The second-order valence-electron chi connectivity index (χ2n) is 7.72. The first-order valence-electron chi connectivity index (χ1n) is 9.31. The molecular formula is C21H22O6S2. The van der Waals surface area contributed by atoms with E-state index < -0.39 is 31.9 Å². The Morgan fingerprint density at radius 1 is 0.828 bits per heavy atom. The molecule has 29 heavy (non-hydrogen) atoms. The average molecular weight is 435 g/mol. The summed E-state index contributed by atoms with van der Waals surface area (Å²) >= 11 is 0. The van der Waals surface area contributed by atoms with Gasteiger partial charge in [-0.25, -0.2) is 0 Å². The smallest absolute Gasteiger partial charge is 0.260 e. The van der Waals surface area contributed by atoms with Gasteiger partial charge in [0.1, 0.15) is 11.7 Å². The van der Waals surface area contributed by atoms with Crippen LogP contribution >= 0.6 is 0 Å². The number of allylic oxidation sites excluding steroid dienone is 1. The molecule has 2 bridgehead atoms. The SMILES string of the molecule is Cc1ccc(S(=O)(=O)OC2CC3C=CC2(OS(=O)(=O)c2ccc(C)cc2)C3)cc1. The van der Waals surface area contributed by atoms with E-state index in [1.807, 2.05) is 19.9 Å². The second-order valence-corrected chi connectivity index (χ2v) is 10.8. The van der Waals surface area contributed by atoms with Gasteiger partial charge in [0.25, 0.3) is 20.2 Å². The van der Waals surface area contributed by atoms with Gasteiger partial charge in [-0.3, -0.25) is 8.37 Å². The van der Waals surface area contributed by atoms with Crippen molar-refractivity contribution < 1.29 is 25.2 Å². The highest BCUT2D eigenvalue weighted by Crippen LogP contribution is 2.48. The molecule has 2 aliphatic rings. The first kappa shape index (κ1) is 20.3. The van der Waals surface area contributed by atoms with Gasteiger partial charge in [0.05, 0.1) is 9.79 Å². The van der Waals surface area contributed by atoms with E-state index in [1.54, 1.807) is 30.3 Å². The second kappa shape index (κ2) is 7.05. The van der Waals surface area contributed by atoms with E-state index in [4.69, 9.17) is 8.37 Å². The number of hydrogen-bond donors (Lipinski definition) is 0. The van der Waals surface area contributed by atoms with E-state index in [2.05, 4.69) is 0 Å². The lowest BCUT2D eigenvalue weighted by molar-refractivity contribution is 0.0281. The predicted octanol–water partition coefficient (Wildman–Crippen LogP) is 3.50. The molecule has 0 amide bonds. The molecule has 0 N–H and O–H groups in total. The highest BCUT2D eigenvalue weighted by atomic mass is 32.2. The molecule has 6 nitrogen and oxygen atoms in total. The zero-order valence-electron chi connectivity index (χ0n) is 16.1. The Morgan fingerprint density at radius 2 is 1.34 bits per heavy atom. The molecule has 8 heteroatoms. The Bertz CT molecular complexity index is 1150. The molecule has 3 unspecified atom stereocenters. The zero-order chi connectivity index (χ0) is 20.9.